The van der Waals surface area contributed by atoms with Gasteiger partial charge in [-0.1, -0.05) is 12.1 Å². The second-order valence-corrected chi connectivity index (χ2v) is 4.67. The summed E-state index contributed by atoms with van der Waals surface area (Å²) >= 11 is 0. The van der Waals surface area contributed by atoms with Crippen molar-refractivity contribution in [3.05, 3.63) is 65.0 Å². The molecular formula is C15H13F3N2O. The van der Waals surface area contributed by atoms with Gasteiger partial charge in [-0.15, -0.1) is 0 Å². The maximum atomic E-state index is 13.4. The maximum Gasteiger partial charge on any atom is 0.218 e. The van der Waals surface area contributed by atoms with Crippen LogP contribution in [0.5, 0.6) is 0 Å². The zero-order valence-corrected chi connectivity index (χ0v) is 10.9. The summed E-state index contributed by atoms with van der Waals surface area (Å²) in [6.45, 7) is 0. The molecule has 0 aliphatic carbocycles. The molecule has 2 aromatic rings. The number of carbonyl (C=O) groups excluding carboxylic acids is 1. The summed E-state index contributed by atoms with van der Waals surface area (Å²) in [6, 6.07) is 7.09. The van der Waals surface area contributed by atoms with E-state index >= 15 is 0 Å². The molecule has 1 amide bonds. The zero-order chi connectivity index (χ0) is 15.6. The number of nitrogen functional groups attached to an aromatic ring is 1. The number of primary amides is 1. The van der Waals surface area contributed by atoms with Crippen LogP contribution in [0.1, 0.15) is 23.5 Å². The fraction of sp³-hybridized carbons (Fsp3) is 0.133. The molecule has 0 aliphatic heterocycles. The Balaban J connectivity index is 2.52. The Morgan fingerprint density at radius 2 is 1.62 bits per heavy atom. The minimum atomic E-state index is -1.08. The highest BCUT2D eigenvalue weighted by Gasteiger charge is 2.21. The summed E-state index contributed by atoms with van der Waals surface area (Å²) in [7, 11) is 0. The normalized spacial score (nSPS) is 12.1. The van der Waals surface area contributed by atoms with Crippen LogP contribution in [0, 0.1) is 17.5 Å². The van der Waals surface area contributed by atoms with E-state index in [-0.39, 0.29) is 17.7 Å². The second-order valence-electron chi connectivity index (χ2n) is 4.67. The number of anilines is 1. The molecule has 110 valence electrons. The first-order valence-corrected chi connectivity index (χ1v) is 6.16. The molecule has 0 bridgehead atoms. The van der Waals surface area contributed by atoms with Gasteiger partial charge in [-0.05, 0) is 29.3 Å². The largest absolute Gasteiger partial charge is 0.398 e. The van der Waals surface area contributed by atoms with E-state index < -0.39 is 29.3 Å². The Morgan fingerprint density at radius 3 is 2.19 bits per heavy atom. The van der Waals surface area contributed by atoms with Crippen LogP contribution in [0.15, 0.2) is 36.4 Å². The third-order valence-corrected chi connectivity index (χ3v) is 3.18. The molecule has 0 aliphatic rings. The first-order chi connectivity index (χ1) is 9.88. The molecule has 0 aromatic heterocycles. The van der Waals surface area contributed by atoms with E-state index in [0.717, 1.165) is 12.1 Å². The van der Waals surface area contributed by atoms with Gasteiger partial charge in [-0.25, -0.2) is 13.2 Å². The number of hydrogen-bond donors (Lipinski definition) is 2. The molecule has 6 heteroatoms. The predicted octanol–water partition coefficient (Wildman–Crippen LogP) is 2.69. The van der Waals surface area contributed by atoms with Gasteiger partial charge in [0.05, 0.1) is 0 Å². The van der Waals surface area contributed by atoms with E-state index in [9.17, 15) is 18.0 Å². The lowest BCUT2D eigenvalue weighted by Gasteiger charge is -2.18. The topological polar surface area (TPSA) is 69.1 Å². The number of halogens is 3. The number of carbonyl (C=O) groups is 1. The lowest BCUT2D eigenvalue weighted by Crippen LogP contribution is -2.17. The van der Waals surface area contributed by atoms with Crippen molar-refractivity contribution in [3.8, 4) is 0 Å². The average molecular weight is 294 g/mol. The summed E-state index contributed by atoms with van der Waals surface area (Å²) in [4.78, 5) is 11.2. The molecule has 0 fully saturated rings. The van der Waals surface area contributed by atoms with Crippen LogP contribution in [0.2, 0.25) is 0 Å². The Bertz CT molecular complexity index is 671. The number of nitrogens with two attached hydrogens (primary N) is 2. The van der Waals surface area contributed by atoms with Crippen LogP contribution in [-0.4, -0.2) is 5.91 Å². The van der Waals surface area contributed by atoms with Crippen molar-refractivity contribution < 1.29 is 18.0 Å². The minimum Gasteiger partial charge on any atom is -0.398 e. The molecule has 1 unspecified atom stereocenters. The van der Waals surface area contributed by atoms with Gasteiger partial charge in [0, 0.05) is 24.1 Å². The van der Waals surface area contributed by atoms with E-state index in [1.165, 1.54) is 24.3 Å². The predicted molar refractivity (Wildman–Crippen MR) is 72.8 cm³/mol. The highest BCUT2D eigenvalue weighted by atomic mass is 19.2. The fourth-order valence-electron chi connectivity index (χ4n) is 2.18. The first-order valence-electron chi connectivity index (χ1n) is 6.16. The molecule has 0 heterocycles. The monoisotopic (exact) mass is 294 g/mol. The van der Waals surface area contributed by atoms with Gasteiger partial charge in [0.25, 0.3) is 0 Å². The van der Waals surface area contributed by atoms with E-state index in [1.807, 2.05) is 0 Å². The van der Waals surface area contributed by atoms with Crippen molar-refractivity contribution in [2.45, 2.75) is 12.3 Å². The van der Waals surface area contributed by atoms with Crippen molar-refractivity contribution in [3.63, 3.8) is 0 Å². The quantitative estimate of drug-likeness (QED) is 0.851. The molecule has 1 atom stereocenters. The molecule has 0 saturated carbocycles. The molecule has 2 rings (SSSR count). The van der Waals surface area contributed by atoms with Gasteiger partial charge in [-0.3, -0.25) is 4.79 Å². The second kappa shape index (κ2) is 5.87. The molecule has 0 radical (unpaired) electrons. The third-order valence-electron chi connectivity index (χ3n) is 3.18. The van der Waals surface area contributed by atoms with Gasteiger partial charge >= 0.3 is 0 Å². The van der Waals surface area contributed by atoms with Gasteiger partial charge in [-0.2, -0.15) is 0 Å². The number of rotatable bonds is 4. The number of hydrogen-bond acceptors (Lipinski definition) is 2. The van der Waals surface area contributed by atoms with Crippen molar-refractivity contribution in [1.29, 1.82) is 0 Å². The van der Waals surface area contributed by atoms with E-state index in [4.69, 9.17) is 11.5 Å². The summed E-state index contributed by atoms with van der Waals surface area (Å²) in [5.41, 5.74) is 11.7. The van der Waals surface area contributed by atoms with Crippen LogP contribution >= 0.6 is 0 Å². The van der Waals surface area contributed by atoms with E-state index in [0.29, 0.717) is 5.56 Å². The van der Waals surface area contributed by atoms with Crippen molar-refractivity contribution in [1.82, 2.24) is 0 Å². The molecule has 0 saturated heterocycles. The van der Waals surface area contributed by atoms with Crippen LogP contribution < -0.4 is 11.5 Å². The van der Waals surface area contributed by atoms with Crippen molar-refractivity contribution in [2.75, 3.05) is 5.73 Å². The zero-order valence-electron chi connectivity index (χ0n) is 10.9. The smallest absolute Gasteiger partial charge is 0.218 e. The van der Waals surface area contributed by atoms with Crippen LogP contribution in [0.4, 0.5) is 18.9 Å². The minimum absolute atomic E-state index is 0.00414. The average Bonchev–Trinajstić information content (AvgIpc) is 2.41. The molecule has 21 heavy (non-hydrogen) atoms. The van der Waals surface area contributed by atoms with Crippen LogP contribution in [0.25, 0.3) is 0 Å². The maximum absolute atomic E-state index is 13.4. The third kappa shape index (κ3) is 3.34. The highest BCUT2D eigenvalue weighted by molar-refractivity contribution is 5.76. The van der Waals surface area contributed by atoms with Crippen molar-refractivity contribution in [2.24, 2.45) is 5.73 Å². The molecule has 4 N–H and O–H groups in total. The lowest BCUT2D eigenvalue weighted by molar-refractivity contribution is -0.118. The Morgan fingerprint density at radius 1 is 1.05 bits per heavy atom. The highest BCUT2D eigenvalue weighted by Crippen LogP contribution is 2.33. The molecular weight excluding hydrogens is 281 g/mol. The SMILES string of the molecule is NC(=O)CC(c1ccc(F)cc1)c1cc(F)c(F)cc1N. The number of benzene rings is 2. The lowest BCUT2D eigenvalue weighted by atomic mass is 9.87. The summed E-state index contributed by atoms with van der Waals surface area (Å²) in [5, 5.41) is 0. The van der Waals surface area contributed by atoms with Gasteiger partial charge in [0.1, 0.15) is 5.82 Å². The van der Waals surface area contributed by atoms with Gasteiger partial charge in [0.15, 0.2) is 11.6 Å². The first kappa shape index (κ1) is 14.9. The number of amides is 1. The standard InChI is InChI=1S/C15H13F3N2O/c16-9-3-1-8(2-4-9)10(6-15(20)21)11-5-12(17)13(18)7-14(11)19/h1-5,7,10H,6,19H2,(H2,20,21). The summed E-state index contributed by atoms with van der Waals surface area (Å²) in [6.07, 6.45) is -0.152. The van der Waals surface area contributed by atoms with Crippen LogP contribution in [-0.2, 0) is 4.79 Å². The summed E-state index contributed by atoms with van der Waals surface area (Å²) in [5.74, 6) is -3.90. The molecule has 2 aromatic carbocycles. The van der Waals surface area contributed by atoms with E-state index in [1.54, 1.807) is 0 Å². The Labute approximate surface area is 119 Å². The summed E-state index contributed by atoms with van der Waals surface area (Å²) < 4.78 is 39.6. The molecule has 3 nitrogen and oxygen atoms in total. The van der Waals surface area contributed by atoms with E-state index in [2.05, 4.69) is 0 Å². The van der Waals surface area contributed by atoms with Crippen LogP contribution in [0.3, 0.4) is 0 Å². The Kier molecular flexibility index (Phi) is 4.16. The fourth-order valence-corrected chi connectivity index (χ4v) is 2.18. The van der Waals surface area contributed by atoms with Gasteiger partial charge in [0.2, 0.25) is 5.91 Å². The van der Waals surface area contributed by atoms with Gasteiger partial charge < -0.3 is 11.5 Å². The Hall–Kier alpha value is -2.50. The molecule has 0 spiro atoms. The van der Waals surface area contributed by atoms with Crippen molar-refractivity contribution >= 4 is 11.6 Å².